The van der Waals surface area contributed by atoms with Gasteiger partial charge in [0.1, 0.15) is 5.82 Å². The number of carbonyl (C=O) groups excluding carboxylic acids is 2. The van der Waals surface area contributed by atoms with Crippen molar-refractivity contribution in [2.24, 2.45) is 0 Å². The van der Waals surface area contributed by atoms with E-state index in [-0.39, 0.29) is 11.4 Å². The molecule has 2 aromatic rings. The van der Waals surface area contributed by atoms with E-state index in [0.29, 0.717) is 24.3 Å². The number of rotatable bonds is 5. The first-order chi connectivity index (χ1) is 13.9. The minimum Gasteiger partial charge on any atom is -0.344 e. The molecular weight excluding hydrogens is 397 g/mol. The Bertz CT molecular complexity index is 970. The van der Waals surface area contributed by atoms with Crippen molar-refractivity contribution in [3.05, 3.63) is 59.9 Å². The highest BCUT2D eigenvalue weighted by Gasteiger charge is 2.25. The molecule has 2 N–H and O–H groups in total. The molecule has 0 bridgehead atoms. The highest BCUT2D eigenvalue weighted by molar-refractivity contribution is 7.89. The zero-order valence-corrected chi connectivity index (χ0v) is 16.5. The standard InChI is InChI=1S/C20H22FN3O4S/c21-16-6-8-17(9-7-16)23-20(26)19(25)22-14-15-4-10-18(11-5-15)29(27,28)24-12-2-1-3-13-24/h4-11H,1-3,12-14H2,(H,22,25)(H,23,26). The summed E-state index contributed by atoms with van der Waals surface area (Å²) in [5.74, 6) is -2.17. The molecule has 29 heavy (non-hydrogen) atoms. The van der Waals surface area contributed by atoms with Crippen LogP contribution in [0.1, 0.15) is 24.8 Å². The van der Waals surface area contributed by atoms with Crippen molar-refractivity contribution in [1.82, 2.24) is 9.62 Å². The highest BCUT2D eigenvalue weighted by Crippen LogP contribution is 2.20. The number of halogens is 1. The van der Waals surface area contributed by atoms with Gasteiger partial charge in [-0.15, -0.1) is 0 Å². The summed E-state index contributed by atoms with van der Waals surface area (Å²) in [6.45, 7) is 1.13. The molecule has 0 spiro atoms. The molecule has 1 heterocycles. The predicted octanol–water partition coefficient (Wildman–Crippen LogP) is 2.26. The van der Waals surface area contributed by atoms with Gasteiger partial charge in [-0.3, -0.25) is 9.59 Å². The predicted molar refractivity (Wildman–Crippen MR) is 106 cm³/mol. The maximum Gasteiger partial charge on any atom is 0.313 e. The molecule has 2 aromatic carbocycles. The lowest BCUT2D eigenvalue weighted by Gasteiger charge is -2.25. The lowest BCUT2D eigenvalue weighted by Crippen LogP contribution is -2.35. The van der Waals surface area contributed by atoms with Gasteiger partial charge in [-0.05, 0) is 54.8 Å². The van der Waals surface area contributed by atoms with Crippen molar-refractivity contribution in [3.63, 3.8) is 0 Å². The Morgan fingerprint density at radius 3 is 2.14 bits per heavy atom. The van der Waals surface area contributed by atoms with Gasteiger partial charge in [0.05, 0.1) is 4.90 Å². The SMILES string of the molecule is O=C(NCc1ccc(S(=O)(=O)N2CCCCC2)cc1)C(=O)Nc1ccc(F)cc1. The summed E-state index contributed by atoms with van der Waals surface area (Å²) in [5.41, 5.74) is 0.962. The number of hydrogen-bond acceptors (Lipinski definition) is 4. The van der Waals surface area contributed by atoms with Gasteiger partial charge in [0.15, 0.2) is 0 Å². The molecule has 1 saturated heterocycles. The van der Waals surface area contributed by atoms with Crippen LogP contribution in [0.25, 0.3) is 0 Å². The summed E-state index contributed by atoms with van der Waals surface area (Å²) in [6.07, 6.45) is 2.77. The number of piperidine rings is 1. The number of hydrogen-bond donors (Lipinski definition) is 2. The maximum atomic E-state index is 12.9. The number of amides is 2. The van der Waals surface area contributed by atoms with E-state index in [9.17, 15) is 22.4 Å². The largest absolute Gasteiger partial charge is 0.344 e. The smallest absolute Gasteiger partial charge is 0.313 e. The molecule has 0 radical (unpaired) electrons. The summed E-state index contributed by atoms with van der Waals surface area (Å²) in [7, 11) is -3.51. The van der Waals surface area contributed by atoms with E-state index in [1.54, 1.807) is 12.1 Å². The third-order valence-electron chi connectivity index (χ3n) is 4.64. The van der Waals surface area contributed by atoms with Crippen LogP contribution in [-0.2, 0) is 26.2 Å². The minimum atomic E-state index is -3.51. The van der Waals surface area contributed by atoms with Crippen LogP contribution in [0.5, 0.6) is 0 Å². The van der Waals surface area contributed by atoms with Gasteiger partial charge < -0.3 is 10.6 Å². The second kappa shape index (κ2) is 9.15. The first-order valence-corrected chi connectivity index (χ1v) is 10.7. The van der Waals surface area contributed by atoms with E-state index >= 15 is 0 Å². The number of benzene rings is 2. The molecule has 2 amide bonds. The summed E-state index contributed by atoms with van der Waals surface area (Å²) in [5, 5.41) is 4.84. The average Bonchev–Trinajstić information content (AvgIpc) is 2.74. The van der Waals surface area contributed by atoms with Crippen LogP contribution < -0.4 is 10.6 Å². The van der Waals surface area contributed by atoms with Gasteiger partial charge in [0.2, 0.25) is 10.0 Å². The van der Waals surface area contributed by atoms with Gasteiger partial charge in [-0.1, -0.05) is 18.6 Å². The van der Waals surface area contributed by atoms with E-state index in [0.717, 1.165) is 19.3 Å². The van der Waals surface area contributed by atoms with E-state index in [1.165, 1.54) is 40.7 Å². The first kappa shape index (κ1) is 20.9. The van der Waals surface area contributed by atoms with E-state index < -0.39 is 27.7 Å². The molecule has 3 rings (SSSR count). The second-order valence-corrected chi connectivity index (χ2v) is 8.69. The van der Waals surface area contributed by atoms with Crippen molar-refractivity contribution >= 4 is 27.5 Å². The molecule has 0 saturated carbocycles. The summed E-state index contributed by atoms with van der Waals surface area (Å²) in [6, 6.07) is 11.3. The van der Waals surface area contributed by atoms with Crippen LogP contribution in [0.15, 0.2) is 53.4 Å². The lowest BCUT2D eigenvalue weighted by molar-refractivity contribution is -0.136. The molecule has 1 fully saturated rings. The highest BCUT2D eigenvalue weighted by atomic mass is 32.2. The molecule has 0 atom stereocenters. The number of carbonyl (C=O) groups is 2. The molecule has 0 aliphatic carbocycles. The zero-order valence-electron chi connectivity index (χ0n) is 15.7. The Morgan fingerprint density at radius 2 is 1.52 bits per heavy atom. The molecule has 7 nitrogen and oxygen atoms in total. The van der Waals surface area contributed by atoms with Crippen LogP contribution in [0.3, 0.4) is 0 Å². The Morgan fingerprint density at radius 1 is 0.897 bits per heavy atom. The Kier molecular flexibility index (Phi) is 6.60. The van der Waals surface area contributed by atoms with Gasteiger partial charge in [-0.2, -0.15) is 4.31 Å². The number of anilines is 1. The molecule has 9 heteroatoms. The van der Waals surface area contributed by atoms with Gasteiger partial charge in [-0.25, -0.2) is 12.8 Å². The molecular formula is C20H22FN3O4S. The third-order valence-corrected chi connectivity index (χ3v) is 6.55. The quantitative estimate of drug-likeness (QED) is 0.727. The fraction of sp³-hybridized carbons (Fsp3) is 0.300. The topological polar surface area (TPSA) is 95.6 Å². The van der Waals surface area contributed by atoms with Crippen molar-refractivity contribution in [1.29, 1.82) is 0 Å². The third kappa shape index (κ3) is 5.39. The van der Waals surface area contributed by atoms with Crippen LogP contribution in [0.2, 0.25) is 0 Å². The van der Waals surface area contributed by atoms with Gasteiger partial charge in [0.25, 0.3) is 0 Å². The Balaban J connectivity index is 1.54. The number of sulfonamides is 1. The molecule has 1 aliphatic heterocycles. The fourth-order valence-corrected chi connectivity index (χ4v) is 4.53. The number of nitrogens with one attached hydrogen (secondary N) is 2. The average molecular weight is 419 g/mol. The van der Waals surface area contributed by atoms with Crippen molar-refractivity contribution in [3.8, 4) is 0 Å². The molecule has 0 unspecified atom stereocenters. The maximum absolute atomic E-state index is 12.9. The summed E-state index contributed by atoms with van der Waals surface area (Å²) < 4.78 is 39.6. The van der Waals surface area contributed by atoms with Crippen molar-refractivity contribution in [2.75, 3.05) is 18.4 Å². The first-order valence-electron chi connectivity index (χ1n) is 9.30. The minimum absolute atomic E-state index is 0.0692. The second-order valence-electron chi connectivity index (χ2n) is 6.75. The van der Waals surface area contributed by atoms with Crippen LogP contribution in [0, 0.1) is 5.82 Å². The Hall–Kier alpha value is -2.78. The Labute approximate surface area is 169 Å². The lowest BCUT2D eigenvalue weighted by atomic mass is 10.2. The normalized spacial score (nSPS) is 14.9. The molecule has 154 valence electrons. The zero-order chi connectivity index (χ0) is 20.9. The van der Waals surface area contributed by atoms with Crippen LogP contribution in [-0.4, -0.2) is 37.6 Å². The monoisotopic (exact) mass is 419 g/mol. The molecule has 1 aliphatic rings. The fourth-order valence-electron chi connectivity index (χ4n) is 3.02. The number of nitrogens with zero attached hydrogens (tertiary/aromatic N) is 1. The van der Waals surface area contributed by atoms with E-state index in [1.807, 2.05) is 0 Å². The van der Waals surface area contributed by atoms with E-state index in [4.69, 9.17) is 0 Å². The van der Waals surface area contributed by atoms with E-state index in [2.05, 4.69) is 10.6 Å². The van der Waals surface area contributed by atoms with Crippen molar-refractivity contribution in [2.45, 2.75) is 30.7 Å². The summed E-state index contributed by atoms with van der Waals surface area (Å²) in [4.78, 5) is 24.0. The van der Waals surface area contributed by atoms with Crippen molar-refractivity contribution < 1.29 is 22.4 Å². The van der Waals surface area contributed by atoms with Gasteiger partial charge >= 0.3 is 11.8 Å². The van der Waals surface area contributed by atoms with Crippen LogP contribution in [0.4, 0.5) is 10.1 Å². The summed E-state index contributed by atoms with van der Waals surface area (Å²) >= 11 is 0. The molecule has 0 aromatic heterocycles. The van der Waals surface area contributed by atoms with Crippen LogP contribution >= 0.6 is 0 Å². The van der Waals surface area contributed by atoms with Gasteiger partial charge in [0, 0.05) is 25.3 Å².